The molecule has 2 aromatic rings. The predicted octanol–water partition coefficient (Wildman–Crippen LogP) is -0.0692. The van der Waals surface area contributed by atoms with Gasteiger partial charge in [0.1, 0.15) is 18.9 Å². The number of amides is 1. The Morgan fingerprint density at radius 2 is 1.65 bits per heavy atom. The van der Waals surface area contributed by atoms with E-state index in [1.165, 1.54) is 40.4 Å². The third kappa shape index (κ3) is 5.58. The van der Waals surface area contributed by atoms with Crippen LogP contribution in [0.4, 0.5) is 0 Å². The van der Waals surface area contributed by atoms with E-state index in [1.807, 2.05) is 0 Å². The van der Waals surface area contributed by atoms with Crippen LogP contribution in [0.3, 0.4) is 0 Å². The number of aromatic nitrogens is 2. The highest BCUT2D eigenvalue weighted by Crippen LogP contribution is 2.22. The highest BCUT2D eigenvalue weighted by Gasteiger charge is 2.22. The molecule has 0 bridgehead atoms. The molecule has 0 spiro atoms. The van der Waals surface area contributed by atoms with Crippen molar-refractivity contribution in [2.24, 2.45) is 7.05 Å². The van der Waals surface area contributed by atoms with Gasteiger partial charge in [0, 0.05) is 34.0 Å². The molecule has 0 atom stereocenters. The highest BCUT2D eigenvalue weighted by atomic mass is 32.2. The van der Waals surface area contributed by atoms with Crippen molar-refractivity contribution in [3.05, 3.63) is 24.0 Å². The lowest BCUT2D eigenvalue weighted by Crippen LogP contribution is -2.40. The monoisotopic (exact) mass is 454 g/mol. The van der Waals surface area contributed by atoms with E-state index in [1.54, 1.807) is 17.7 Å². The maximum Gasteiger partial charge on any atom is 0.325 e. The van der Waals surface area contributed by atoms with Gasteiger partial charge in [0.15, 0.2) is 0 Å². The molecule has 0 fully saturated rings. The lowest BCUT2D eigenvalue weighted by molar-refractivity contribution is -0.152. The zero-order valence-electron chi connectivity index (χ0n) is 18.1. The van der Waals surface area contributed by atoms with Gasteiger partial charge in [0.25, 0.3) is 0 Å². The van der Waals surface area contributed by atoms with Crippen molar-refractivity contribution in [2.75, 3.05) is 41.4 Å². The zero-order valence-corrected chi connectivity index (χ0v) is 18.9. The van der Waals surface area contributed by atoms with Crippen LogP contribution in [-0.4, -0.2) is 86.4 Å². The quantitative estimate of drug-likeness (QED) is 0.482. The molecule has 2 rings (SSSR count). The van der Waals surface area contributed by atoms with E-state index in [0.29, 0.717) is 16.9 Å². The summed E-state index contributed by atoms with van der Waals surface area (Å²) in [4.78, 5) is 41.4. The summed E-state index contributed by atoms with van der Waals surface area (Å²) in [6, 6.07) is 4.64. The fourth-order valence-electron chi connectivity index (χ4n) is 2.87. The van der Waals surface area contributed by atoms with Gasteiger partial charge in [-0.25, -0.2) is 17.7 Å². The molecular formula is C19H26N4O7S. The van der Waals surface area contributed by atoms with Crippen molar-refractivity contribution >= 4 is 38.9 Å². The van der Waals surface area contributed by atoms with E-state index in [-0.39, 0.29) is 30.8 Å². The van der Waals surface area contributed by atoms with Gasteiger partial charge in [-0.3, -0.25) is 14.4 Å². The highest BCUT2D eigenvalue weighted by molar-refractivity contribution is 7.89. The summed E-state index contributed by atoms with van der Waals surface area (Å²) in [5.41, 5.74) is 1.19. The minimum Gasteiger partial charge on any atom is -0.468 e. The van der Waals surface area contributed by atoms with E-state index in [0.717, 1.165) is 9.21 Å². The van der Waals surface area contributed by atoms with Crippen LogP contribution in [0.15, 0.2) is 23.1 Å². The molecule has 0 aliphatic heterocycles. The zero-order chi connectivity index (χ0) is 23.3. The molecule has 12 heteroatoms. The van der Waals surface area contributed by atoms with Crippen LogP contribution in [0.25, 0.3) is 11.0 Å². The Bertz CT molecular complexity index is 1070. The third-order valence-electron chi connectivity index (χ3n) is 4.73. The topological polar surface area (TPSA) is 128 Å². The average Bonchev–Trinajstić information content (AvgIpc) is 3.05. The summed E-state index contributed by atoms with van der Waals surface area (Å²) >= 11 is 0. The molecule has 0 aliphatic carbocycles. The molecule has 0 saturated carbocycles. The number of carbonyl (C=O) groups is 3. The van der Waals surface area contributed by atoms with Crippen LogP contribution in [0.2, 0.25) is 0 Å². The van der Waals surface area contributed by atoms with Crippen molar-refractivity contribution in [2.45, 2.75) is 17.7 Å². The average molecular weight is 455 g/mol. The number of nitrogens with zero attached hydrogens (tertiary/aromatic N) is 4. The standard InChI is InChI=1S/C19H26N4O7S/c1-21(2)31(27,28)13-6-7-15-14(10-13)20-16(22(15)3)8-9-17(24)23(11-18(25)29-4)12-19(26)30-5/h6-7,10H,8-9,11-12H2,1-5H3. The number of fused-ring (bicyclic) bond motifs is 1. The number of aryl methyl sites for hydroxylation is 2. The number of ether oxygens (including phenoxy) is 2. The molecule has 1 aromatic heterocycles. The summed E-state index contributed by atoms with van der Waals surface area (Å²) in [5.74, 6) is -1.21. The van der Waals surface area contributed by atoms with Crippen LogP contribution in [0.5, 0.6) is 0 Å². The number of imidazole rings is 1. The fraction of sp³-hybridized carbons (Fsp3) is 0.474. The Morgan fingerprint density at radius 3 is 2.16 bits per heavy atom. The van der Waals surface area contributed by atoms with Crippen LogP contribution < -0.4 is 0 Å². The number of hydrogen-bond donors (Lipinski definition) is 0. The summed E-state index contributed by atoms with van der Waals surface area (Å²) in [6.45, 7) is -0.753. The van der Waals surface area contributed by atoms with Crippen LogP contribution in [0, 0.1) is 0 Å². The first-order valence-electron chi connectivity index (χ1n) is 9.30. The number of rotatable bonds is 9. The molecule has 0 N–H and O–H groups in total. The van der Waals surface area contributed by atoms with E-state index < -0.39 is 27.9 Å². The van der Waals surface area contributed by atoms with Crippen LogP contribution in [0.1, 0.15) is 12.2 Å². The molecule has 11 nitrogen and oxygen atoms in total. The Labute approximate surface area is 180 Å². The van der Waals surface area contributed by atoms with Crippen molar-refractivity contribution < 1.29 is 32.3 Å². The molecule has 0 radical (unpaired) electrons. The number of methoxy groups -OCH3 is 2. The molecule has 1 amide bonds. The molecule has 31 heavy (non-hydrogen) atoms. The molecule has 1 heterocycles. The summed E-state index contributed by atoms with van der Waals surface area (Å²) in [7, 11) is 3.43. The number of sulfonamides is 1. The van der Waals surface area contributed by atoms with Crippen LogP contribution >= 0.6 is 0 Å². The summed E-state index contributed by atoms with van der Waals surface area (Å²) in [5, 5.41) is 0. The lowest BCUT2D eigenvalue weighted by Gasteiger charge is -2.20. The predicted molar refractivity (Wildman–Crippen MR) is 111 cm³/mol. The Morgan fingerprint density at radius 1 is 1.06 bits per heavy atom. The van der Waals surface area contributed by atoms with Gasteiger partial charge in [-0.15, -0.1) is 0 Å². The Hall–Kier alpha value is -2.99. The van der Waals surface area contributed by atoms with Crippen molar-refractivity contribution in [1.29, 1.82) is 0 Å². The number of esters is 2. The second-order valence-electron chi connectivity index (χ2n) is 6.93. The summed E-state index contributed by atoms with van der Waals surface area (Å²) in [6.07, 6.45) is 0.201. The van der Waals surface area contributed by atoms with E-state index >= 15 is 0 Å². The van der Waals surface area contributed by atoms with Crippen molar-refractivity contribution in [3.8, 4) is 0 Å². The van der Waals surface area contributed by atoms with Gasteiger partial charge in [-0.2, -0.15) is 0 Å². The smallest absolute Gasteiger partial charge is 0.325 e. The number of carbonyl (C=O) groups excluding carboxylic acids is 3. The van der Waals surface area contributed by atoms with Gasteiger partial charge in [0.05, 0.1) is 30.1 Å². The first kappa shape index (κ1) is 24.3. The lowest BCUT2D eigenvalue weighted by atomic mass is 10.2. The van der Waals surface area contributed by atoms with Gasteiger partial charge >= 0.3 is 11.9 Å². The molecule has 0 saturated heterocycles. The molecule has 0 unspecified atom stereocenters. The van der Waals surface area contributed by atoms with E-state index in [9.17, 15) is 22.8 Å². The van der Waals surface area contributed by atoms with Crippen LogP contribution in [-0.2, 0) is 47.3 Å². The van der Waals surface area contributed by atoms with Gasteiger partial charge in [-0.05, 0) is 18.2 Å². The molecule has 0 aliphatic rings. The molecular weight excluding hydrogens is 428 g/mol. The van der Waals surface area contributed by atoms with E-state index in [2.05, 4.69) is 14.5 Å². The summed E-state index contributed by atoms with van der Waals surface area (Å²) < 4.78 is 36.7. The van der Waals surface area contributed by atoms with E-state index in [4.69, 9.17) is 0 Å². The Balaban J connectivity index is 2.22. The normalized spacial score (nSPS) is 11.5. The SMILES string of the molecule is COC(=O)CN(CC(=O)OC)C(=O)CCc1nc2cc(S(=O)(=O)N(C)C)ccc2n1C. The Kier molecular flexibility index (Phi) is 7.74. The number of hydrogen-bond acceptors (Lipinski definition) is 8. The molecule has 170 valence electrons. The van der Waals surface area contributed by atoms with Crippen molar-refractivity contribution in [1.82, 2.24) is 18.8 Å². The first-order valence-corrected chi connectivity index (χ1v) is 10.7. The second kappa shape index (κ2) is 9.88. The second-order valence-corrected chi connectivity index (χ2v) is 9.08. The third-order valence-corrected chi connectivity index (χ3v) is 6.55. The maximum atomic E-state index is 12.6. The van der Waals surface area contributed by atoms with Gasteiger partial charge < -0.3 is 18.9 Å². The van der Waals surface area contributed by atoms with Gasteiger partial charge in [0.2, 0.25) is 15.9 Å². The van der Waals surface area contributed by atoms with Crippen molar-refractivity contribution in [3.63, 3.8) is 0 Å². The minimum absolute atomic E-state index is 0.0198. The largest absolute Gasteiger partial charge is 0.468 e. The fourth-order valence-corrected chi connectivity index (χ4v) is 3.80. The van der Waals surface area contributed by atoms with Gasteiger partial charge in [-0.1, -0.05) is 0 Å². The minimum atomic E-state index is -3.60. The molecule has 1 aromatic carbocycles. The first-order chi connectivity index (χ1) is 14.5. The maximum absolute atomic E-state index is 12.6. The number of benzene rings is 1.